The smallest absolute Gasteiger partial charge is 0.354 e. The first kappa shape index (κ1) is 14.4. The highest BCUT2D eigenvalue weighted by molar-refractivity contribution is 5.94. The quantitative estimate of drug-likeness (QED) is 0.738. The van der Waals surface area contributed by atoms with Gasteiger partial charge < -0.3 is 16.2 Å². The number of benzene rings is 1. The summed E-state index contributed by atoms with van der Waals surface area (Å²) in [5.74, 6) is -2.24. The van der Waals surface area contributed by atoms with Crippen LogP contribution in [-0.4, -0.2) is 22.0 Å². The molecule has 4 N–H and O–H groups in total. The number of nitrogens with one attached hydrogen (secondary N) is 1. The van der Waals surface area contributed by atoms with Crippen molar-refractivity contribution in [3.63, 3.8) is 0 Å². The number of hydrogen-bond donors (Lipinski definition) is 3. The van der Waals surface area contributed by atoms with Gasteiger partial charge in [0.15, 0.2) is 0 Å². The van der Waals surface area contributed by atoms with Crippen molar-refractivity contribution in [2.45, 2.75) is 6.54 Å². The second-order valence-corrected chi connectivity index (χ2v) is 4.28. The van der Waals surface area contributed by atoms with E-state index >= 15 is 0 Å². The van der Waals surface area contributed by atoms with Gasteiger partial charge in [-0.05, 0) is 29.8 Å². The van der Waals surface area contributed by atoms with Crippen LogP contribution in [0.4, 0.5) is 10.1 Å². The topological polar surface area (TPSA) is 105 Å². The van der Waals surface area contributed by atoms with Gasteiger partial charge in [0, 0.05) is 18.3 Å². The molecule has 1 amide bonds. The van der Waals surface area contributed by atoms with E-state index in [1.54, 1.807) is 6.07 Å². The van der Waals surface area contributed by atoms with Crippen LogP contribution in [0.25, 0.3) is 0 Å². The highest BCUT2D eigenvalue weighted by Gasteiger charge is 2.09. The summed E-state index contributed by atoms with van der Waals surface area (Å²) in [6, 6.07) is 6.66. The summed E-state index contributed by atoms with van der Waals surface area (Å²) in [7, 11) is 0. The zero-order chi connectivity index (χ0) is 15.4. The zero-order valence-electron chi connectivity index (χ0n) is 10.8. The minimum atomic E-state index is -1.12. The molecular formula is C14H12FN3O3. The summed E-state index contributed by atoms with van der Waals surface area (Å²) in [6.45, 7) is 0.151. The van der Waals surface area contributed by atoms with Gasteiger partial charge >= 0.3 is 5.97 Å². The Morgan fingerprint density at radius 1 is 1.29 bits per heavy atom. The maximum Gasteiger partial charge on any atom is 0.354 e. The average molecular weight is 289 g/mol. The van der Waals surface area contributed by atoms with E-state index in [2.05, 4.69) is 10.3 Å². The number of halogens is 1. The van der Waals surface area contributed by atoms with E-state index in [1.165, 1.54) is 24.4 Å². The number of aromatic nitrogens is 1. The van der Waals surface area contributed by atoms with Gasteiger partial charge in [-0.2, -0.15) is 0 Å². The predicted molar refractivity (Wildman–Crippen MR) is 73.2 cm³/mol. The number of pyridine rings is 1. The van der Waals surface area contributed by atoms with E-state index < -0.39 is 17.7 Å². The van der Waals surface area contributed by atoms with E-state index in [0.29, 0.717) is 5.56 Å². The van der Waals surface area contributed by atoms with Crippen molar-refractivity contribution in [2.75, 3.05) is 5.73 Å². The number of rotatable bonds is 4. The van der Waals surface area contributed by atoms with Crippen molar-refractivity contribution >= 4 is 17.6 Å². The Kier molecular flexibility index (Phi) is 4.13. The lowest BCUT2D eigenvalue weighted by Gasteiger charge is -2.06. The molecule has 0 aliphatic rings. The van der Waals surface area contributed by atoms with Crippen molar-refractivity contribution in [2.24, 2.45) is 0 Å². The Hall–Kier alpha value is -2.96. The number of carbonyl (C=O) groups is 2. The lowest BCUT2D eigenvalue weighted by atomic mass is 10.2. The number of anilines is 1. The molecule has 0 unspecified atom stereocenters. The molecule has 0 fully saturated rings. The molecule has 1 heterocycles. The molecule has 7 heteroatoms. The molecule has 1 aromatic heterocycles. The van der Waals surface area contributed by atoms with Gasteiger partial charge in [0.1, 0.15) is 11.5 Å². The Bertz CT molecular complexity index is 686. The van der Waals surface area contributed by atoms with Crippen molar-refractivity contribution < 1.29 is 19.1 Å². The lowest BCUT2D eigenvalue weighted by Crippen LogP contribution is -2.23. The Morgan fingerprint density at radius 2 is 2.05 bits per heavy atom. The Balaban J connectivity index is 2.00. The molecule has 0 aliphatic carbocycles. The second kappa shape index (κ2) is 6.00. The van der Waals surface area contributed by atoms with E-state index in [0.717, 1.165) is 6.07 Å². The normalized spacial score (nSPS) is 10.1. The third kappa shape index (κ3) is 3.53. The highest BCUT2D eigenvalue weighted by atomic mass is 19.1. The third-order valence-electron chi connectivity index (χ3n) is 2.76. The number of nitrogen functional groups attached to an aromatic ring is 1. The molecule has 2 aromatic rings. The summed E-state index contributed by atoms with van der Waals surface area (Å²) in [5, 5.41) is 11.3. The number of aromatic carboxylic acids is 1. The zero-order valence-corrected chi connectivity index (χ0v) is 10.8. The molecule has 21 heavy (non-hydrogen) atoms. The fraction of sp³-hybridized carbons (Fsp3) is 0.0714. The molecule has 0 saturated carbocycles. The first-order chi connectivity index (χ1) is 9.97. The summed E-state index contributed by atoms with van der Waals surface area (Å²) in [4.78, 5) is 26.2. The van der Waals surface area contributed by atoms with E-state index in [9.17, 15) is 14.0 Å². The highest BCUT2D eigenvalue weighted by Crippen LogP contribution is 2.12. The fourth-order valence-electron chi connectivity index (χ4n) is 1.61. The second-order valence-electron chi connectivity index (χ2n) is 4.28. The standard InChI is InChI=1S/C14H12FN3O3/c15-10-5-9(2-3-11(10)16)13(19)18-7-8-1-4-12(14(20)21)17-6-8/h1-6H,7,16H2,(H,18,19)(H,20,21). The van der Waals surface area contributed by atoms with Crippen LogP contribution in [0.5, 0.6) is 0 Å². The molecule has 0 saturated heterocycles. The van der Waals surface area contributed by atoms with Gasteiger partial charge in [-0.25, -0.2) is 14.2 Å². The molecule has 0 radical (unpaired) electrons. The van der Waals surface area contributed by atoms with Gasteiger partial charge in [0.25, 0.3) is 5.91 Å². The van der Waals surface area contributed by atoms with Gasteiger partial charge in [-0.1, -0.05) is 6.07 Å². The molecule has 2 rings (SSSR count). The number of nitrogens with zero attached hydrogens (tertiary/aromatic N) is 1. The van der Waals surface area contributed by atoms with Gasteiger partial charge in [-0.15, -0.1) is 0 Å². The fourth-order valence-corrected chi connectivity index (χ4v) is 1.61. The Labute approximate surface area is 119 Å². The van der Waals surface area contributed by atoms with Crippen LogP contribution >= 0.6 is 0 Å². The van der Waals surface area contributed by atoms with Crippen LogP contribution in [0.2, 0.25) is 0 Å². The maximum atomic E-state index is 13.3. The van der Waals surface area contributed by atoms with Crippen LogP contribution in [0.1, 0.15) is 26.4 Å². The molecule has 0 spiro atoms. The van der Waals surface area contributed by atoms with Crippen molar-refractivity contribution in [1.29, 1.82) is 0 Å². The molecule has 1 aromatic carbocycles. The first-order valence-corrected chi connectivity index (χ1v) is 5.99. The molecule has 108 valence electrons. The third-order valence-corrected chi connectivity index (χ3v) is 2.76. The summed E-state index contributed by atoms with van der Waals surface area (Å²) in [6.07, 6.45) is 1.35. The number of carboxylic acid groups (broad SMARTS) is 1. The van der Waals surface area contributed by atoms with Crippen molar-refractivity contribution in [3.05, 3.63) is 59.2 Å². The van der Waals surface area contributed by atoms with Crippen molar-refractivity contribution in [3.8, 4) is 0 Å². The van der Waals surface area contributed by atoms with E-state index in [1.807, 2.05) is 0 Å². The van der Waals surface area contributed by atoms with Crippen molar-refractivity contribution in [1.82, 2.24) is 10.3 Å². The summed E-state index contributed by atoms with van der Waals surface area (Å²) >= 11 is 0. The summed E-state index contributed by atoms with van der Waals surface area (Å²) < 4.78 is 13.3. The monoisotopic (exact) mass is 289 g/mol. The van der Waals surface area contributed by atoms with Crippen LogP contribution in [0.15, 0.2) is 36.5 Å². The van der Waals surface area contributed by atoms with Crippen LogP contribution in [0, 0.1) is 5.82 Å². The molecule has 0 bridgehead atoms. The van der Waals surface area contributed by atoms with Gasteiger partial charge in [-0.3, -0.25) is 4.79 Å². The van der Waals surface area contributed by atoms with Gasteiger partial charge in [0.2, 0.25) is 0 Å². The van der Waals surface area contributed by atoms with Gasteiger partial charge in [0.05, 0.1) is 5.69 Å². The lowest BCUT2D eigenvalue weighted by molar-refractivity contribution is 0.0690. The number of amides is 1. The minimum absolute atomic E-state index is 0.0278. The number of hydrogen-bond acceptors (Lipinski definition) is 4. The number of carboxylic acids is 1. The molecule has 0 aliphatic heterocycles. The molecule has 6 nitrogen and oxygen atoms in total. The largest absolute Gasteiger partial charge is 0.477 e. The van der Waals surface area contributed by atoms with E-state index in [4.69, 9.17) is 10.8 Å². The van der Waals surface area contributed by atoms with Crippen LogP contribution in [0.3, 0.4) is 0 Å². The molecular weight excluding hydrogens is 277 g/mol. The number of carbonyl (C=O) groups excluding carboxylic acids is 1. The van der Waals surface area contributed by atoms with E-state index in [-0.39, 0.29) is 23.5 Å². The predicted octanol–water partition coefficient (Wildman–Crippen LogP) is 1.43. The SMILES string of the molecule is Nc1ccc(C(=O)NCc2ccc(C(=O)O)nc2)cc1F. The number of nitrogens with two attached hydrogens (primary N) is 1. The van der Waals surface area contributed by atoms with Crippen LogP contribution < -0.4 is 11.1 Å². The Morgan fingerprint density at radius 3 is 2.62 bits per heavy atom. The average Bonchev–Trinajstić information content (AvgIpc) is 2.48. The first-order valence-electron chi connectivity index (χ1n) is 5.99. The maximum absolute atomic E-state index is 13.3. The molecule has 0 atom stereocenters. The minimum Gasteiger partial charge on any atom is -0.477 e. The van der Waals surface area contributed by atoms with Crippen LogP contribution in [-0.2, 0) is 6.54 Å². The summed E-state index contributed by atoms with van der Waals surface area (Å²) in [5.41, 5.74) is 6.00.